The Balaban J connectivity index is 0.814. The van der Waals surface area contributed by atoms with Gasteiger partial charge in [0, 0.05) is 67.5 Å². The average molecular weight is 833 g/mol. The molecule has 2 saturated heterocycles. The molecular formula is C42H49FN6O9S. The van der Waals surface area contributed by atoms with Crippen LogP contribution in [0.3, 0.4) is 0 Å². The molecule has 3 aliphatic rings. The van der Waals surface area contributed by atoms with Gasteiger partial charge in [-0.3, -0.25) is 28.0 Å². The van der Waals surface area contributed by atoms with Gasteiger partial charge in [-0.05, 0) is 110 Å². The summed E-state index contributed by atoms with van der Waals surface area (Å²) in [6, 6.07) is 10.7. The van der Waals surface area contributed by atoms with Crippen LogP contribution in [-0.2, 0) is 53.0 Å². The van der Waals surface area contributed by atoms with E-state index >= 15 is 0 Å². The maximum atomic E-state index is 13.7. The molecule has 5 heterocycles. The normalized spacial score (nSPS) is 19.8. The zero-order chi connectivity index (χ0) is 41.8. The van der Waals surface area contributed by atoms with Crippen LogP contribution in [0.2, 0.25) is 0 Å². The summed E-state index contributed by atoms with van der Waals surface area (Å²) >= 11 is 0. The zero-order valence-electron chi connectivity index (χ0n) is 33.3. The molecule has 1 N–H and O–H groups in total. The standard InChI is InChI=1S/C42H49FN6O9S/c1-26-31(17-21-47-19-15-28(16-20-47)38-32-14-13-30(43)23-34(32)57-46-38)40(52)48-18-6-7-33(39(48)45-26)56-22-5-4-8-36(50)44-25-27-9-11-29(12-10-27)42(54)58-49-37(51)24-35(41(49)53)59(2,3)55/h9-14,23,28,33,35H,2,4-8,15-22,24-25H2,1,3H3,(H,44,50). The first-order valence-electron chi connectivity index (χ1n) is 20.0. The Bertz CT molecular complexity index is 2410. The molecule has 4 aromatic rings. The van der Waals surface area contributed by atoms with Gasteiger partial charge in [0.15, 0.2) is 5.58 Å². The van der Waals surface area contributed by atoms with Crippen molar-refractivity contribution in [3.05, 3.63) is 92.5 Å². The third-order valence-electron chi connectivity index (χ3n) is 11.4. The number of amides is 3. The number of fused-ring (bicyclic) bond motifs is 2. The van der Waals surface area contributed by atoms with Crippen LogP contribution >= 0.6 is 0 Å². The van der Waals surface area contributed by atoms with Gasteiger partial charge in [0.05, 0.1) is 17.7 Å². The van der Waals surface area contributed by atoms with Gasteiger partial charge in [0.25, 0.3) is 17.4 Å². The average Bonchev–Trinajstić information content (AvgIpc) is 3.76. The number of benzene rings is 2. The SMILES string of the molecule is C=S(C)(=O)C1CC(=O)N(OC(=O)c2ccc(CNC(=O)CCCCOC3CCCn4c3nc(C)c(CCN3CCC(c5noc6cc(F)ccc56)CC3)c4=O)cc2)C1=O. The maximum absolute atomic E-state index is 13.7. The van der Waals surface area contributed by atoms with Crippen molar-refractivity contribution in [1.82, 2.24) is 30.0 Å². The summed E-state index contributed by atoms with van der Waals surface area (Å²) < 4.78 is 39.2. The Labute approximate surface area is 341 Å². The first-order valence-corrected chi connectivity index (χ1v) is 22.2. The number of likely N-dealkylation sites (tertiary alicyclic amines) is 1. The molecule has 59 heavy (non-hydrogen) atoms. The van der Waals surface area contributed by atoms with Crippen LogP contribution in [0.15, 0.2) is 51.8 Å². The Morgan fingerprint density at radius 1 is 1.05 bits per heavy atom. The second-order valence-corrected chi connectivity index (χ2v) is 18.4. The molecule has 3 amide bonds. The van der Waals surface area contributed by atoms with E-state index in [4.69, 9.17) is 19.1 Å². The molecule has 0 spiro atoms. The molecule has 0 bridgehead atoms. The summed E-state index contributed by atoms with van der Waals surface area (Å²) in [6.45, 7) is 5.63. The molecule has 0 saturated carbocycles. The Kier molecular flexibility index (Phi) is 12.7. The number of hydrogen-bond donors (Lipinski definition) is 1. The van der Waals surface area contributed by atoms with Crippen molar-refractivity contribution < 1.29 is 41.9 Å². The molecule has 314 valence electrons. The summed E-state index contributed by atoms with van der Waals surface area (Å²) in [5, 5.41) is 7.20. The number of nitrogens with one attached hydrogen (secondary N) is 1. The number of piperidine rings is 1. The van der Waals surface area contributed by atoms with E-state index in [1.54, 1.807) is 22.8 Å². The van der Waals surface area contributed by atoms with Gasteiger partial charge in [0.1, 0.15) is 23.0 Å². The second kappa shape index (κ2) is 17.9. The smallest absolute Gasteiger partial charge is 0.363 e. The van der Waals surface area contributed by atoms with E-state index in [1.807, 2.05) is 6.92 Å². The molecule has 7 rings (SSSR count). The molecular weight excluding hydrogens is 784 g/mol. The van der Waals surface area contributed by atoms with Gasteiger partial charge < -0.3 is 24.3 Å². The van der Waals surface area contributed by atoms with Crippen molar-refractivity contribution >= 4 is 50.1 Å². The van der Waals surface area contributed by atoms with E-state index in [0.29, 0.717) is 55.3 Å². The predicted octanol–water partition coefficient (Wildman–Crippen LogP) is 4.14. The quantitative estimate of drug-likeness (QED) is 0.103. The van der Waals surface area contributed by atoms with Crippen LogP contribution in [0, 0.1) is 12.7 Å². The molecule has 17 heteroatoms. The molecule has 3 atom stereocenters. The van der Waals surface area contributed by atoms with Crippen LogP contribution in [-0.4, -0.2) is 96.2 Å². The summed E-state index contributed by atoms with van der Waals surface area (Å²) in [6.07, 6.45) is 6.18. The highest BCUT2D eigenvalue weighted by molar-refractivity contribution is 8.00. The molecule has 2 aromatic heterocycles. The summed E-state index contributed by atoms with van der Waals surface area (Å²) in [4.78, 5) is 75.7. The molecule has 15 nitrogen and oxygen atoms in total. The fourth-order valence-electron chi connectivity index (χ4n) is 7.98. The third-order valence-corrected chi connectivity index (χ3v) is 13.0. The molecule has 0 radical (unpaired) electrons. The zero-order valence-corrected chi connectivity index (χ0v) is 34.1. The first-order chi connectivity index (χ1) is 28.3. The number of halogens is 1. The minimum atomic E-state index is -2.84. The van der Waals surface area contributed by atoms with E-state index in [0.717, 1.165) is 73.2 Å². The molecule has 2 aromatic carbocycles. The highest BCUT2D eigenvalue weighted by atomic mass is 32.2. The van der Waals surface area contributed by atoms with Crippen LogP contribution in [0.5, 0.6) is 0 Å². The lowest BCUT2D eigenvalue weighted by Gasteiger charge is -2.31. The number of rotatable bonds is 15. The number of ether oxygens (including phenoxy) is 1. The third kappa shape index (κ3) is 9.63. The van der Waals surface area contributed by atoms with E-state index < -0.39 is 32.6 Å². The fraction of sp³-hybridized carbons (Fsp3) is 0.476. The largest absolute Gasteiger partial charge is 0.370 e. The highest BCUT2D eigenvalue weighted by Gasteiger charge is 2.45. The van der Waals surface area contributed by atoms with Crippen LogP contribution in [0.4, 0.5) is 4.39 Å². The van der Waals surface area contributed by atoms with E-state index in [9.17, 15) is 32.6 Å². The number of imide groups is 1. The van der Waals surface area contributed by atoms with E-state index in [-0.39, 0.29) is 47.8 Å². The lowest BCUT2D eigenvalue weighted by molar-refractivity contribution is -0.172. The minimum absolute atomic E-state index is 0.00363. The summed E-state index contributed by atoms with van der Waals surface area (Å²) in [7, 11) is -2.84. The number of nitrogens with zero attached hydrogens (tertiary/aromatic N) is 5. The number of hydrogen-bond acceptors (Lipinski definition) is 12. The second-order valence-electron chi connectivity index (χ2n) is 15.7. The van der Waals surface area contributed by atoms with Gasteiger partial charge in [-0.25, -0.2) is 14.2 Å². The molecule has 2 fully saturated rings. The first kappa shape index (κ1) is 41.9. The van der Waals surface area contributed by atoms with Crippen LogP contribution in [0.25, 0.3) is 11.0 Å². The van der Waals surface area contributed by atoms with Crippen LogP contribution in [0.1, 0.15) is 102 Å². The number of unbranched alkanes of at least 4 members (excludes halogenated alkanes) is 1. The van der Waals surface area contributed by atoms with Crippen molar-refractivity contribution in [1.29, 1.82) is 0 Å². The maximum Gasteiger partial charge on any atom is 0.363 e. The summed E-state index contributed by atoms with van der Waals surface area (Å²) in [5.74, 6) is 1.34. The van der Waals surface area contributed by atoms with Crippen molar-refractivity contribution in [3.63, 3.8) is 0 Å². The van der Waals surface area contributed by atoms with E-state index in [2.05, 4.69) is 21.2 Å². The van der Waals surface area contributed by atoms with Crippen molar-refractivity contribution in [3.8, 4) is 0 Å². The number of carbonyl (C=O) groups is 4. The predicted molar refractivity (Wildman–Crippen MR) is 216 cm³/mol. The van der Waals surface area contributed by atoms with Crippen molar-refractivity contribution in [2.45, 2.75) is 95.1 Å². The van der Waals surface area contributed by atoms with Crippen molar-refractivity contribution in [2.24, 2.45) is 0 Å². The lowest BCUT2D eigenvalue weighted by atomic mass is 9.91. The summed E-state index contributed by atoms with van der Waals surface area (Å²) in [5.41, 5.74) is 3.63. The van der Waals surface area contributed by atoms with Crippen molar-refractivity contribution in [2.75, 3.05) is 32.5 Å². The number of hydroxylamine groups is 2. The van der Waals surface area contributed by atoms with Crippen LogP contribution < -0.4 is 10.9 Å². The van der Waals surface area contributed by atoms with Gasteiger partial charge in [-0.2, -0.15) is 0 Å². The van der Waals surface area contributed by atoms with Gasteiger partial charge in [0.2, 0.25) is 5.91 Å². The highest BCUT2D eigenvalue weighted by Crippen LogP contribution is 2.33. The van der Waals surface area contributed by atoms with E-state index in [1.165, 1.54) is 30.5 Å². The topological polar surface area (TPSA) is 183 Å². The lowest BCUT2D eigenvalue weighted by Crippen LogP contribution is -2.38. The molecule has 3 unspecified atom stereocenters. The van der Waals surface area contributed by atoms with Gasteiger partial charge in [-0.15, -0.1) is 5.06 Å². The minimum Gasteiger partial charge on any atom is -0.370 e. The van der Waals surface area contributed by atoms with Gasteiger partial charge >= 0.3 is 5.97 Å². The molecule has 3 aliphatic heterocycles. The number of aromatic nitrogens is 3. The number of carbonyl (C=O) groups excluding carboxylic acids is 4. The molecule has 0 aliphatic carbocycles. The fourth-order valence-corrected chi connectivity index (χ4v) is 9.00. The Morgan fingerprint density at radius 3 is 2.54 bits per heavy atom. The Hall–Kier alpha value is -5.26. The van der Waals surface area contributed by atoms with Gasteiger partial charge in [-0.1, -0.05) is 17.3 Å². The number of aryl methyl sites for hydroxylation is 1. The Morgan fingerprint density at radius 2 is 1.81 bits per heavy atom. The monoisotopic (exact) mass is 832 g/mol.